The van der Waals surface area contributed by atoms with Crippen LogP contribution in [0.2, 0.25) is 0 Å². The van der Waals surface area contributed by atoms with Crippen LogP contribution in [0.25, 0.3) is 16.6 Å². The van der Waals surface area contributed by atoms with Crippen molar-refractivity contribution in [3.63, 3.8) is 0 Å². The standard InChI is InChI=1S/C32H31F2N5O5/c1-38-27-16-36-12-11-20(27)30(41)39(32(38)43)18-9-7-17(8-10-18)21-13-22(21)28(31(42)44-19-5-3-2-4-6-19)37-29(40)23-14-25(34)26(35)15-24(23)33/h7-12,14-16,19,21-22,28H,2-6,13,35H2,1H3,(H,37,40)/t21?,22-,28?/m0/s1. The van der Waals surface area contributed by atoms with Gasteiger partial charge in [0.2, 0.25) is 0 Å². The number of hydrogen-bond donors (Lipinski definition) is 2. The third kappa shape index (κ3) is 5.47. The number of aromatic nitrogens is 3. The number of nitrogen functional groups attached to an aromatic ring is 1. The first kappa shape index (κ1) is 29.2. The van der Waals surface area contributed by atoms with Crippen LogP contribution < -0.4 is 22.3 Å². The molecule has 0 spiro atoms. The number of hydrogen-bond acceptors (Lipinski definition) is 7. The summed E-state index contributed by atoms with van der Waals surface area (Å²) in [6.07, 6.45) is 7.59. The maximum atomic E-state index is 14.5. The topological polar surface area (TPSA) is 138 Å². The zero-order valence-corrected chi connectivity index (χ0v) is 24.0. The van der Waals surface area contributed by atoms with Gasteiger partial charge in [-0.05, 0) is 73.8 Å². The van der Waals surface area contributed by atoms with E-state index in [9.17, 15) is 28.0 Å². The first-order valence-electron chi connectivity index (χ1n) is 14.6. The largest absolute Gasteiger partial charge is 0.461 e. The molecule has 10 nitrogen and oxygen atoms in total. The molecule has 2 saturated carbocycles. The van der Waals surface area contributed by atoms with Crippen LogP contribution in [0.4, 0.5) is 14.5 Å². The Morgan fingerprint density at radius 3 is 2.50 bits per heavy atom. The SMILES string of the molecule is Cn1c(=O)n(-c2ccc(C3C[C@@H]3C(NC(=O)c3cc(F)c(N)cc3F)C(=O)OC3CCCCC3)cc2)c(=O)c2ccncc21. The Kier molecular flexibility index (Phi) is 7.74. The number of amides is 1. The van der Waals surface area contributed by atoms with E-state index in [0.717, 1.165) is 48.3 Å². The van der Waals surface area contributed by atoms with Gasteiger partial charge in [0, 0.05) is 19.3 Å². The van der Waals surface area contributed by atoms with Crippen molar-refractivity contribution in [3.8, 4) is 5.69 Å². The Bertz CT molecular complexity index is 1880. The van der Waals surface area contributed by atoms with Crippen molar-refractivity contribution in [1.29, 1.82) is 0 Å². The van der Waals surface area contributed by atoms with Crippen LogP contribution in [0.3, 0.4) is 0 Å². The molecule has 2 unspecified atom stereocenters. The van der Waals surface area contributed by atoms with Crippen molar-refractivity contribution in [2.45, 2.75) is 56.6 Å². The molecule has 2 aliphatic carbocycles. The minimum absolute atomic E-state index is 0.163. The van der Waals surface area contributed by atoms with Crippen molar-refractivity contribution in [1.82, 2.24) is 19.4 Å². The molecule has 3 N–H and O–H groups in total. The first-order valence-corrected chi connectivity index (χ1v) is 14.6. The molecule has 0 aliphatic heterocycles. The zero-order valence-electron chi connectivity index (χ0n) is 24.0. The molecule has 0 saturated heterocycles. The number of nitrogens with two attached hydrogens (primary N) is 1. The highest BCUT2D eigenvalue weighted by Gasteiger charge is 2.49. The molecule has 2 heterocycles. The van der Waals surface area contributed by atoms with Gasteiger partial charge < -0.3 is 15.8 Å². The summed E-state index contributed by atoms with van der Waals surface area (Å²) in [6, 6.07) is 8.74. The van der Waals surface area contributed by atoms with Crippen LogP contribution in [-0.2, 0) is 16.6 Å². The van der Waals surface area contributed by atoms with Gasteiger partial charge in [0.05, 0.1) is 34.0 Å². The molecule has 228 valence electrons. The zero-order chi connectivity index (χ0) is 31.1. The van der Waals surface area contributed by atoms with E-state index in [1.165, 1.54) is 17.0 Å². The molecule has 4 aromatic rings. The Hall–Kier alpha value is -4.87. The molecule has 3 atom stereocenters. The minimum atomic E-state index is -1.10. The van der Waals surface area contributed by atoms with E-state index in [1.807, 2.05) is 0 Å². The highest BCUT2D eigenvalue weighted by Crippen LogP contribution is 2.50. The summed E-state index contributed by atoms with van der Waals surface area (Å²) in [7, 11) is 1.57. The van der Waals surface area contributed by atoms with E-state index in [-0.39, 0.29) is 17.9 Å². The van der Waals surface area contributed by atoms with Crippen molar-refractivity contribution in [2.75, 3.05) is 5.73 Å². The molecule has 2 aliphatic rings. The smallest absolute Gasteiger partial charge is 0.335 e. The maximum absolute atomic E-state index is 14.5. The summed E-state index contributed by atoms with van der Waals surface area (Å²) in [4.78, 5) is 56.7. The Morgan fingerprint density at radius 1 is 1.05 bits per heavy atom. The van der Waals surface area contributed by atoms with Crippen LogP contribution in [0.1, 0.15) is 60.4 Å². The van der Waals surface area contributed by atoms with Gasteiger partial charge in [-0.15, -0.1) is 0 Å². The fourth-order valence-electron chi connectivity index (χ4n) is 6.08. The van der Waals surface area contributed by atoms with Crippen LogP contribution in [0.15, 0.2) is 64.4 Å². The van der Waals surface area contributed by atoms with Crippen molar-refractivity contribution in [2.24, 2.45) is 13.0 Å². The predicted octanol–water partition coefficient (Wildman–Crippen LogP) is 3.72. The molecule has 0 radical (unpaired) electrons. The Morgan fingerprint density at radius 2 is 1.77 bits per heavy atom. The number of aryl methyl sites for hydroxylation is 1. The van der Waals surface area contributed by atoms with Crippen LogP contribution in [0.5, 0.6) is 0 Å². The van der Waals surface area contributed by atoms with Crippen molar-refractivity contribution >= 4 is 28.5 Å². The number of nitrogens with zero attached hydrogens (tertiary/aromatic N) is 3. The normalized spacial score (nSPS) is 19.0. The van der Waals surface area contributed by atoms with Crippen LogP contribution in [-0.4, -0.2) is 38.1 Å². The summed E-state index contributed by atoms with van der Waals surface area (Å²) < 4.78 is 36.8. The number of pyridine rings is 1. The van der Waals surface area contributed by atoms with Gasteiger partial charge in [-0.3, -0.25) is 19.1 Å². The van der Waals surface area contributed by atoms with Gasteiger partial charge >= 0.3 is 11.7 Å². The predicted molar refractivity (Wildman–Crippen MR) is 158 cm³/mol. The molecule has 0 bridgehead atoms. The average molecular weight is 604 g/mol. The van der Waals surface area contributed by atoms with Crippen LogP contribution in [0, 0.1) is 17.6 Å². The van der Waals surface area contributed by atoms with E-state index in [2.05, 4.69) is 10.3 Å². The summed E-state index contributed by atoms with van der Waals surface area (Å²) in [5, 5.41) is 2.94. The molecule has 6 rings (SSSR count). The third-order valence-electron chi connectivity index (χ3n) is 8.63. The van der Waals surface area contributed by atoms with E-state index >= 15 is 0 Å². The number of nitrogens with one attached hydrogen (secondary N) is 1. The molecule has 2 aromatic carbocycles. The number of carbonyl (C=O) groups is 2. The lowest BCUT2D eigenvalue weighted by Gasteiger charge is -2.25. The highest BCUT2D eigenvalue weighted by atomic mass is 19.1. The summed E-state index contributed by atoms with van der Waals surface area (Å²) in [5.41, 5.74) is 5.05. The van der Waals surface area contributed by atoms with Crippen molar-refractivity contribution < 1.29 is 23.1 Å². The average Bonchev–Trinajstić information content (AvgIpc) is 3.82. The van der Waals surface area contributed by atoms with Gasteiger partial charge in [0.15, 0.2) is 0 Å². The molecular weight excluding hydrogens is 572 g/mol. The van der Waals surface area contributed by atoms with E-state index in [1.54, 1.807) is 37.4 Å². The van der Waals surface area contributed by atoms with Gasteiger partial charge in [-0.2, -0.15) is 0 Å². The van der Waals surface area contributed by atoms with Gasteiger partial charge in [0.1, 0.15) is 23.8 Å². The van der Waals surface area contributed by atoms with E-state index < -0.39 is 52.1 Å². The quantitative estimate of drug-likeness (QED) is 0.243. The molecule has 2 aromatic heterocycles. The lowest BCUT2D eigenvalue weighted by Crippen LogP contribution is -2.45. The second-order valence-corrected chi connectivity index (χ2v) is 11.5. The molecule has 2 fully saturated rings. The molecule has 44 heavy (non-hydrogen) atoms. The van der Waals surface area contributed by atoms with Crippen molar-refractivity contribution in [3.05, 3.63) is 98.5 Å². The van der Waals surface area contributed by atoms with E-state index in [4.69, 9.17) is 10.5 Å². The Labute approximate surface area is 250 Å². The number of fused-ring (bicyclic) bond motifs is 1. The molecule has 12 heteroatoms. The fraction of sp³-hybridized carbons (Fsp3) is 0.344. The molecular formula is C32H31F2N5O5. The summed E-state index contributed by atoms with van der Waals surface area (Å²) >= 11 is 0. The monoisotopic (exact) mass is 603 g/mol. The number of esters is 1. The second-order valence-electron chi connectivity index (χ2n) is 11.5. The molecule has 1 amide bonds. The lowest BCUT2D eigenvalue weighted by atomic mass is 9.97. The number of rotatable bonds is 7. The fourth-order valence-corrected chi connectivity index (χ4v) is 6.08. The number of carbonyl (C=O) groups excluding carboxylic acids is 2. The maximum Gasteiger partial charge on any atom is 0.335 e. The second kappa shape index (κ2) is 11.7. The van der Waals surface area contributed by atoms with Gasteiger partial charge in [-0.1, -0.05) is 18.6 Å². The lowest BCUT2D eigenvalue weighted by molar-refractivity contribution is -0.153. The minimum Gasteiger partial charge on any atom is -0.461 e. The first-order chi connectivity index (χ1) is 21.1. The summed E-state index contributed by atoms with van der Waals surface area (Å²) in [6.45, 7) is 0. The summed E-state index contributed by atoms with van der Waals surface area (Å²) in [5.74, 6) is -4.05. The number of anilines is 1. The number of ether oxygens (including phenoxy) is 1. The van der Waals surface area contributed by atoms with Crippen LogP contribution >= 0.6 is 0 Å². The van der Waals surface area contributed by atoms with Gasteiger partial charge in [-0.25, -0.2) is 22.9 Å². The Balaban J connectivity index is 1.26. The highest BCUT2D eigenvalue weighted by molar-refractivity contribution is 5.97. The third-order valence-corrected chi connectivity index (χ3v) is 8.63. The number of halogens is 2. The van der Waals surface area contributed by atoms with E-state index in [0.29, 0.717) is 29.1 Å². The number of benzene rings is 2. The van der Waals surface area contributed by atoms with Gasteiger partial charge in [0.25, 0.3) is 11.5 Å².